The SMILES string of the molecule is COCC(CCO)NC(=O)C(Cl)c1ccccc1. The lowest BCUT2D eigenvalue weighted by Gasteiger charge is -2.19. The molecule has 1 aromatic carbocycles. The monoisotopic (exact) mass is 271 g/mol. The summed E-state index contributed by atoms with van der Waals surface area (Å²) in [5, 5.41) is 10.9. The van der Waals surface area contributed by atoms with E-state index in [1.165, 1.54) is 0 Å². The Kier molecular flexibility index (Phi) is 6.72. The van der Waals surface area contributed by atoms with Crippen LogP contribution in [0.15, 0.2) is 30.3 Å². The first kappa shape index (κ1) is 15.0. The van der Waals surface area contributed by atoms with Gasteiger partial charge >= 0.3 is 0 Å². The normalized spacial score (nSPS) is 13.9. The number of aliphatic hydroxyl groups excluding tert-OH is 1. The van der Waals surface area contributed by atoms with Crippen LogP contribution in [-0.4, -0.2) is 37.4 Å². The van der Waals surface area contributed by atoms with E-state index in [0.29, 0.717) is 13.0 Å². The van der Waals surface area contributed by atoms with Crippen molar-refractivity contribution in [2.45, 2.75) is 17.8 Å². The van der Waals surface area contributed by atoms with Crippen molar-refractivity contribution in [1.82, 2.24) is 5.32 Å². The minimum Gasteiger partial charge on any atom is -0.396 e. The minimum absolute atomic E-state index is 0.00735. The van der Waals surface area contributed by atoms with E-state index in [4.69, 9.17) is 21.4 Å². The van der Waals surface area contributed by atoms with Gasteiger partial charge in [0.1, 0.15) is 5.38 Å². The van der Waals surface area contributed by atoms with E-state index in [9.17, 15) is 4.79 Å². The third-order valence-electron chi connectivity index (χ3n) is 2.51. The second kappa shape index (κ2) is 8.08. The van der Waals surface area contributed by atoms with Crippen molar-refractivity contribution >= 4 is 17.5 Å². The molecule has 5 heteroatoms. The van der Waals surface area contributed by atoms with Crippen molar-refractivity contribution in [3.05, 3.63) is 35.9 Å². The van der Waals surface area contributed by atoms with Crippen LogP contribution in [0.1, 0.15) is 17.4 Å². The molecule has 0 aliphatic heterocycles. The zero-order chi connectivity index (χ0) is 13.4. The average molecular weight is 272 g/mol. The topological polar surface area (TPSA) is 58.6 Å². The molecule has 2 N–H and O–H groups in total. The largest absolute Gasteiger partial charge is 0.396 e. The summed E-state index contributed by atoms with van der Waals surface area (Å²) >= 11 is 6.09. The first-order valence-corrected chi connectivity index (χ1v) is 6.22. The van der Waals surface area contributed by atoms with Crippen LogP contribution in [0, 0.1) is 0 Å². The van der Waals surface area contributed by atoms with Gasteiger partial charge in [-0.2, -0.15) is 0 Å². The molecule has 0 radical (unpaired) electrons. The molecule has 0 aliphatic carbocycles. The van der Waals surface area contributed by atoms with Gasteiger partial charge in [0, 0.05) is 13.7 Å². The summed E-state index contributed by atoms with van der Waals surface area (Å²) in [6.07, 6.45) is 0.442. The van der Waals surface area contributed by atoms with Gasteiger partial charge in [0.25, 0.3) is 0 Å². The highest BCUT2D eigenvalue weighted by Gasteiger charge is 2.20. The Balaban J connectivity index is 2.58. The first-order chi connectivity index (χ1) is 8.69. The molecule has 1 aromatic rings. The van der Waals surface area contributed by atoms with E-state index in [2.05, 4.69) is 5.32 Å². The number of nitrogens with one attached hydrogen (secondary N) is 1. The van der Waals surface area contributed by atoms with Gasteiger partial charge < -0.3 is 15.2 Å². The van der Waals surface area contributed by atoms with E-state index in [0.717, 1.165) is 5.56 Å². The maximum absolute atomic E-state index is 11.9. The van der Waals surface area contributed by atoms with Crippen LogP contribution < -0.4 is 5.32 Å². The van der Waals surface area contributed by atoms with Gasteiger partial charge in [-0.1, -0.05) is 30.3 Å². The number of methoxy groups -OCH3 is 1. The van der Waals surface area contributed by atoms with Crippen LogP contribution in [0.25, 0.3) is 0 Å². The second-order valence-electron chi connectivity index (χ2n) is 3.95. The van der Waals surface area contributed by atoms with E-state index in [1.54, 1.807) is 19.2 Å². The molecular formula is C13H18ClNO3. The molecule has 100 valence electrons. The fourth-order valence-corrected chi connectivity index (χ4v) is 1.81. The molecule has 0 aliphatic rings. The third-order valence-corrected chi connectivity index (χ3v) is 2.96. The fraction of sp³-hybridized carbons (Fsp3) is 0.462. The van der Waals surface area contributed by atoms with Crippen molar-refractivity contribution in [2.75, 3.05) is 20.3 Å². The molecule has 18 heavy (non-hydrogen) atoms. The summed E-state index contributed by atoms with van der Waals surface area (Å²) in [5.41, 5.74) is 0.747. The molecule has 0 heterocycles. The van der Waals surface area contributed by atoms with Crippen molar-refractivity contribution in [3.8, 4) is 0 Å². The summed E-state index contributed by atoms with van der Waals surface area (Å²) in [7, 11) is 1.55. The molecule has 1 rings (SSSR count). The lowest BCUT2D eigenvalue weighted by atomic mass is 10.1. The van der Waals surface area contributed by atoms with E-state index in [1.807, 2.05) is 18.2 Å². The van der Waals surface area contributed by atoms with Gasteiger partial charge in [-0.15, -0.1) is 11.6 Å². The molecule has 0 spiro atoms. The van der Waals surface area contributed by atoms with E-state index < -0.39 is 5.38 Å². The van der Waals surface area contributed by atoms with Gasteiger partial charge in [-0.05, 0) is 12.0 Å². The number of hydrogen-bond acceptors (Lipinski definition) is 3. The molecule has 0 fully saturated rings. The number of aliphatic hydroxyl groups is 1. The van der Waals surface area contributed by atoms with Crippen LogP contribution in [0.4, 0.5) is 0 Å². The predicted octanol–water partition coefficient (Wildman–Crippen LogP) is 1.48. The van der Waals surface area contributed by atoms with Gasteiger partial charge in [0.05, 0.1) is 12.6 Å². The van der Waals surface area contributed by atoms with Crippen LogP contribution >= 0.6 is 11.6 Å². The minimum atomic E-state index is -0.732. The zero-order valence-corrected chi connectivity index (χ0v) is 11.1. The molecule has 0 saturated carbocycles. The van der Waals surface area contributed by atoms with Gasteiger partial charge in [-0.3, -0.25) is 4.79 Å². The van der Waals surface area contributed by atoms with Crippen molar-refractivity contribution < 1.29 is 14.6 Å². The number of amides is 1. The van der Waals surface area contributed by atoms with Crippen LogP contribution in [0.5, 0.6) is 0 Å². The maximum Gasteiger partial charge on any atom is 0.242 e. The third kappa shape index (κ3) is 4.64. The van der Waals surface area contributed by atoms with Gasteiger partial charge in [0.2, 0.25) is 5.91 Å². The lowest BCUT2D eigenvalue weighted by Crippen LogP contribution is -2.40. The van der Waals surface area contributed by atoms with Crippen LogP contribution in [0.2, 0.25) is 0 Å². The number of carbonyl (C=O) groups is 1. The summed E-state index contributed by atoms with van der Waals surface area (Å²) in [6, 6.07) is 8.90. The summed E-state index contributed by atoms with van der Waals surface area (Å²) < 4.78 is 4.97. The first-order valence-electron chi connectivity index (χ1n) is 5.78. The quantitative estimate of drug-likeness (QED) is 0.739. The van der Waals surface area contributed by atoms with Crippen molar-refractivity contribution in [3.63, 3.8) is 0 Å². The Hall–Kier alpha value is -1.10. The lowest BCUT2D eigenvalue weighted by molar-refractivity contribution is -0.122. The highest BCUT2D eigenvalue weighted by Crippen LogP contribution is 2.20. The zero-order valence-electron chi connectivity index (χ0n) is 10.3. The standard InChI is InChI=1S/C13H18ClNO3/c1-18-9-11(7-8-16)15-13(17)12(14)10-5-3-2-4-6-10/h2-6,11-12,16H,7-9H2,1H3,(H,15,17). The molecule has 0 aromatic heterocycles. The highest BCUT2D eigenvalue weighted by atomic mass is 35.5. The Bertz CT molecular complexity index is 353. The maximum atomic E-state index is 11.9. The number of rotatable bonds is 7. The number of ether oxygens (including phenoxy) is 1. The number of carbonyl (C=O) groups excluding carboxylic acids is 1. The number of benzene rings is 1. The molecule has 2 unspecified atom stereocenters. The molecular weight excluding hydrogens is 254 g/mol. The Labute approximate surface area is 112 Å². The van der Waals surface area contributed by atoms with Gasteiger partial charge in [-0.25, -0.2) is 0 Å². The molecule has 0 bridgehead atoms. The summed E-state index contributed by atoms with van der Waals surface area (Å²) in [6.45, 7) is 0.345. The van der Waals surface area contributed by atoms with E-state index >= 15 is 0 Å². The smallest absolute Gasteiger partial charge is 0.242 e. The number of halogens is 1. The molecule has 0 saturated heterocycles. The van der Waals surface area contributed by atoms with Crippen molar-refractivity contribution in [1.29, 1.82) is 0 Å². The Morgan fingerprint density at radius 2 is 2.11 bits per heavy atom. The van der Waals surface area contributed by atoms with Gasteiger partial charge in [0.15, 0.2) is 0 Å². The predicted molar refractivity (Wildman–Crippen MR) is 70.5 cm³/mol. The second-order valence-corrected chi connectivity index (χ2v) is 4.38. The Morgan fingerprint density at radius 1 is 1.44 bits per heavy atom. The highest BCUT2D eigenvalue weighted by molar-refractivity contribution is 6.30. The van der Waals surface area contributed by atoms with E-state index in [-0.39, 0.29) is 18.6 Å². The number of alkyl halides is 1. The van der Waals surface area contributed by atoms with Crippen molar-refractivity contribution in [2.24, 2.45) is 0 Å². The summed E-state index contributed by atoms with van der Waals surface area (Å²) in [4.78, 5) is 11.9. The fourth-order valence-electron chi connectivity index (χ4n) is 1.60. The summed E-state index contributed by atoms with van der Waals surface area (Å²) in [5.74, 6) is -0.279. The number of hydrogen-bond donors (Lipinski definition) is 2. The van der Waals surface area contributed by atoms with Crippen LogP contribution in [-0.2, 0) is 9.53 Å². The molecule has 2 atom stereocenters. The average Bonchev–Trinajstić information content (AvgIpc) is 2.39. The molecule has 1 amide bonds. The van der Waals surface area contributed by atoms with Crippen LogP contribution in [0.3, 0.4) is 0 Å². The molecule has 4 nitrogen and oxygen atoms in total. The Morgan fingerprint density at radius 3 is 2.67 bits per heavy atom.